The fraction of sp³-hybridized carbons (Fsp3) is 0.400. The second kappa shape index (κ2) is 5.54. The molecule has 0 heterocycles. The number of rotatable bonds is 4. The first-order chi connectivity index (χ1) is 7.44. The molecule has 0 unspecified atom stereocenters. The molecule has 6 heteroatoms. The number of nitrogens with one attached hydrogen (secondary N) is 1. The van der Waals surface area contributed by atoms with Gasteiger partial charge >= 0.3 is 6.18 Å². The van der Waals surface area contributed by atoms with Gasteiger partial charge in [-0.2, -0.15) is 13.2 Å². The lowest BCUT2D eigenvalue weighted by molar-refractivity contribution is -0.153. The summed E-state index contributed by atoms with van der Waals surface area (Å²) < 4.78 is 41.4. The van der Waals surface area contributed by atoms with E-state index < -0.39 is 12.8 Å². The molecule has 1 N–H and O–H groups in total. The monoisotopic (exact) mass is 297 g/mol. The summed E-state index contributed by atoms with van der Waals surface area (Å²) in [6.07, 6.45) is -4.33. The number of para-hydroxylation sites is 1. The Morgan fingerprint density at radius 1 is 1.38 bits per heavy atom. The Kier molecular flexibility index (Phi) is 4.61. The maximum Gasteiger partial charge on any atom is 0.422 e. The van der Waals surface area contributed by atoms with Crippen LogP contribution in [-0.4, -0.2) is 19.8 Å². The van der Waals surface area contributed by atoms with Crippen LogP contribution in [0.4, 0.5) is 13.2 Å². The Morgan fingerprint density at radius 2 is 2.06 bits per heavy atom. The average Bonchev–Trinajstić information content (AvgIpc) is 2.15. The number of benzene rings is 1. The van der Waals surface area contributed by atoms with Gasteiger partial charge in [0.25, 0.3) is 0 Å². The van der Waals surface area contributed by atoms with Gasteiger partial charge in [-0.15, -0.1) is 0 Å². The fourth-order valence-electron chi connectivity index (χ4n) is 1.20. The van der Waals surface area contributed by atoms with E-state index in [1.165, 1.54) is 0 Å². The second-order valence-electron chi connectivity index (χ2n) is 3.16. The molecule has 16 heavy (non-hydrogen) atoms. The Bertz CT molecular complexity index is 354. The molecule has 90 valence electrons. The van der Waals surface area contributed by atoms with Crippen molar-refractivity contribution in [2.75, 3.05) is 13.7 Å². The van der Waals surface area contributed by atoms with Crippen LogP contribution in [0.2, 0.25) is 0 Å². The first-order valence-electron chi connectivity index (χ1n) is 4.55. The highest BCUT2D eigenvalue weighted by atomic mass is 79.9. The molecule has 0 radical (unpaired) electrons. The van der Waals surface area contributed by atoms with Crippen LogP contribution in [0.15, 0.2) is 22.7 Å². The van der Waals surface area contributed by atoms with E-state index in [-0.39, 0.29) is 5.75 Å². The van der Waals surface area contributed by atoms with Crippen LogP contribution in [0.25, 0.3) is 0 Å². The lowest BCUT2D eigenvalue weighted by Gasteiger charge is -2.14. The molecular weight excluding hydrogens is 287 g/mol. The molecule has 0 fully saturated rings. The normalized spacial score (nSPS) is 11.6. The average molecular weight is 298 g/mol. The van der Waals surface area contributed by atoms with E-state index in [4.69, 9.17) is 4.74 Å². The van der Waals surface area contributed by atoms with Crippen LogP contribution in [-0.2, 0) is 6.54 Å². The van der Waals surface area contributed by atoms with Crippen molar-refractivity contribution in [3.63, 3.8) is 0 Å². The van der Waals surface area contributed by atoms with Crippen molar-refractivity contribution < 1.29 is 17.9 Å². The van der Waals surface area contributed by atoms with Crippen LogP contribution >= 0.6 is 15.9 Å². The summed E-state index contributed by atoms with van der Waals surface area (Å²) in [4.78, 5) is 0. The van der Waals surface area contributed by atoms with E-state index in [0.717, 1.165) is 0 Å². The zero-order valence-electron chi connectivity index (χ0n) is 8.57. The molecule has 0 spiro atoms. The molecule has 1 aromatic rings. The second-order valence-corrected chi connectivity index (χ2v) is 4.02. The van der Waals surface area contributed by atoms with E-state index in [2.05, 4.69) is 21.2 Å². The summed E-state index contributed by atoms with van der Waals surface area (Å²) in [5.74, 6) is 0.231. The fourth-order valence-corrected chi connectivity index (χ4v) is 1.72. The van der Waals surface area contributed by atoms with Gasteiger partial charge in [0, 0.05) is 12.1 Å². The van der Waals surface area contributed by atoms with Crippen molar-refractivity contribution >= 4 is 15.9 Å². The van der Waals surface area contributed by atoms with Gasteiger partial charge in [-0.05, 0) is 29.0 Å². The Labute approximate surface area is 99.9 Å². The van der Waals surface area contributed by atoms with Crippen LogP contribution in [0.3, 0.4) is 0 Å². The molecule has 0 aromatic heterocycles. The quantitative estimate of drug-likeness (QED) is 0.922. The Morgan fingerprint density at radius 3 is 2.62 bits per heavy atom. The first kappa shape index (κ1) is 13.3. The Hall–Kier alpha value is -0.750. The maximum absolute atomic E-state index is 12.0. The molecule has 0 amide bonds. The number of halogens is 4. The SMILES string of the molecule is CNCc1cccc(Br)c1OCC(F)(F)F. The van der Waals surface area contributed by atoms with Gasteiger partial charge in [0.05, 0.1) is 4.47 Å². The van der Waals surface area contributed by atoms with Gasteiger partial charge in [-0.1, -0.05) is 12.1 Å². The van der Waals surface area contributed by atoms with Crippen molar-refractivity contribution in [1.29, 1.82) is 0 Å². The van der Waals surface area contributed by atoms with E-state index in [0.29, 0.717) is 16.6 Å². The van der Waals surface area contributed by atoms with E-state index in [1.807, 2.05) is 0 Å². The lowest BCUT2D eigenvalue weighted by atomic mass is 10.2. The standard InChI is InChI=1S/C10H11BrF3NO/c1-15-5-7-3-2-4-8(11)9(7)16-6-10(12,13)14/h2-4,15H,5-6H2,1H3. The van der Waals surface area contributed by atoms with Crippen LogP contribution < -0.4 is 10.1 Å². The predicted molar refractivity (Wildman–Crippen MR) is 58.5 cm³/mol. The zero-order chi connectivity index (χ0) is 12.2. The third-order valence-corrected chi connectivity index (χ3v) is 2.42. The van der Waals surface area contributed by atoms with Crippen molar-refractivity contribution in [2.45, 2.75) is 12.7 Å². The summed E-state index contributed by atoms with van der Waals surface area (Å²) in [5, 5.41) is 2.87. The van der Waals surface area contributed by atoms with Gasteiger partial charge in [0.2, 0.25) is 0 Å². The number of hydrogen-bond donors (Lipinski definition) is 1. The molecule has 1 aromatic carbocycles. The zero-order valence-corrected chi connectivity index (χ0v) is 10.2. The highest BCUT2D eigenvalue weighted by Crippen LogP contribution is 2.30. The molecule has 2 nitrogen and oxygen atoms in total. The summed E-state index contributed by atoms with van der Waals surface area (Å²) >= 11 is 3.16. The van der Waals surface area contributed by atoms with Crippen molar-refractivity contribution in [2.24, 2.45) is 0 Å². The minimum absolute atomic E-state index is 0.231. The van der Waals surface area contributed by atoms with Gasteiger partial charge in [0.1, 0.15) is 5.75 Å². The number of ether oxygens (including phenoxy) is 1. The topological polar surface area (TPSA) is 21.3 Å². The van der Waals surface area contributed by atoms with E-state index >= 15 is 0 Å². The highest BCUT2D eigenvalue weighted by Gasteiger charge is 2.29. The van der Waals surface area contributed by atoms with Crippen LogP contribution in [0.1, 0.15) is 5.56 Å². The Balaban J connectivity index is 2.84. The van der Waals surface area contributed by atoms with Crippen molar-refractivity contribution in [3.8, 4) is 5.75 Å². The summed E-state index contributed by atoms with van der Waals surface area (Å²) in [6, 6.07) is 5.11. The maximum atomic E-state index is 12.0. The molecule has 0 aliphatic rings. The van der Waals surface area contributed by atoms with E-state index in [1.54, 1.807) is 25.2 Å². The summed E-state index contributed by atoms with van der Waals surface area (Å²) in [7, 11) is 1.72. The van der Waals surface area contributed by atoms with Crippen molar-refractivity contribution in [3.05, 3.63) is 28.2 Å². The molecule has 0 saturated heterocycles. The first-order valence-corrected chi connectivity index (χ1v) is 5.35. The third-order valence-electron chi connectivity index (χ3n) is 1.80. The largest absolute Gasteiger partial charge is 0.483 e. The molecule has 0 aliphatic carbocycles. The highest BCUT2D eigenvalue weighted by molar-refractivity contribution is 9.10. The summed E-state index contributed by atoms with van der Waals surface area (Å²) in [6.45, 7) is -0.834. The van der Waals surface area contributed by atoms with Gasteiger partial charge in [-0.3, -0.25) is 0 Å². The molecular formula is C10H11BrF3NO. The molecule has 0 aliphatic heterocycles. The molecule has 0 saturated carbocycles. The van der Waals surface area contributed by atoms with Crippen molar-refractivity contribution in [1.82, 2.24) is 5.32 Å². The molecule has 1 rings (SSSR count). The number of hydrogen-bond acceptors (Lipinski definition) is 2. The lowest BCUT2D eigenvalue weighted by Crippen LogP contribution is -2.20. The number of alkyl halides is 3. The molecule has 0 atom stereocenters. The summed E-state index contributed by atoms with van der Waals surface area (Å²) in [5.41, 5.74) is 0.682. The minimum atomic E-state index is -4.33. The van der Waals surface area contributed by atoms with Gasteiger partial charge in [0.15, 0.2) is 6.61 Å². The predicted octanol–water partition coefficient (Wildman–Crippen LogP) is 3.11. The van der Waals surface area contributed by atoms with Gasteiger partial charge < -0.3 is 10.1 Å². The molecule has 0 bridgehead atoms. The van der Waals surface area contributed by atoms with Crippen LogP contribution in [0, 0.1) is 0 Å². The minimum Gasteiger partial charge on any atom is -0.483 e. The third kappa shape index (κ3) is 4.02. The van der Waals surface area contributed by atoms with Gasteiger partial charge in [-0.25, -0.2) is 0 Å². The van der Waals surface area contributed by atoms with E-state index in [9.17, 15) is 13.2 Å². The van der Waals surface area contributed by atoms with Crippen LogP contribution in [0.5, 0.6) is 5.75 Å². The smallest absolute Gasteiger partial charge is 0.422 e.